The Morgan fingerprint density at radius 3 is 2.64 bits per heavy atom. The lowest BCUT2D eigenvalue weighted by molar-refractivity contribution is -0.385. The number of phenolic OH excluding ortho intramolecular Hbond substituents is 1. The van der Waals surface area contributed by atoms with E-state index in [0.717, 1.165) is 16.2 Å². The Morgan fingerprint density at radius 1 is 1.17 bits per heavy atom. The molecule has 0 fully saturated rings. The second kappa shape index (κ2) is 9.36. The number of amides is 1. The topological polar surface area (TPSA) is 127 Å². The van der Waals surface area contributed by atoms with Gasteiger partial charge in [-0.05, 0) is 36.6 Å². The number of nitro benzene ring substituents is 1. The van der Waals surface area contributed by atoms with Gasteiger partial charge in [0, 0.05) is 22.2 Å². The maximum Gasteiger partial charge on any atom is 0.311 e. The van der Waals surface area contributed by atoms with E-state index >= 15 is 0 Å². The molecule has 0 bridgehead atoms. The van der Waals surface area contributed by atoms with Crippen molar-refractivity contribution >= 4 is 46.0 Å². The number of thiazole rings is 1. The van der Waals surface area contributed by atoms with Gasteiger partial charge in [-0.25, -0.2) is 4.99 Å². The molecule has 1 aliphatic heterocycles. The van der Waals surface area contributed by atoms with Gasteiger partial charge in [-0.15, -0.1) is 11.3 Å². The molecule has 0 aliphatic carbocycles. The number of phenols is 1. The summed E-state index contributed by atoms with van der Waals surface area (Å²) in [6.07, 6.45) is 1.40. The number of hydrogen-bond acceptors (Lipinski definition) is 8. The number of nitro groups is 1. The first kappa shape index (κ1) is 23.4. The molecule has 4 aromatic rings. The number of allylic oxidation sites excluding steroid dienone is 1. The Kier molecular flexibility index (Phi) is 6.08. The third-order valence-electron chi connectivity index (χ3n) is 5.64. The summed E-state index contributed by atoms with van der Waals surface area (Å²) in [5, 5.41) is 26.3. The van der Waals surface area contributed by atoms with Crippen molar-refractivity contribution in [2.24, 2.45) is 4.99 Å². The highest BCUT2D eigenvalue weighted by Crippen LogP contribution is 2.33. The Balaban J connectivity index is 1.66. The molecule has 1 aliphatic rings. The van der Waals surface area contributed by atoms with E-state index in [1.807, 2.05) is 35.7 Å². The van der Waals surface area contributed by atoms with Crippen LogP contribution in [-0.4, -0.2) is 20.5 Å². The molecule has 2 N–H and O–H groups in total. The molecule has 2 aromatic heterocycles. The Labute approximate surface area is 211 Å². The number of thiophene rings is 1. The fourth-order valence-corrected chi connectivity index (χ4v) is 5.86. The second-order valence-corrected chi connectivity index (χ2v) is 9.88. The number of anilines is 1. The van der Waals surface area contributed by atoms with Gasteiger partial charge >= 0.3 is 5.69 Å². The maximum absolute atomic E-state index is 13.6. The van der Waals surface area contributed by atoms with Gasteiger partial charge in [-0.1, -0.05) is 47.7 Å². The molecule has 0 spiro atoms. The zero-order valence-corrected chi connectivity index (χ0v) is 20.4. The van der Waals surface area contributed by atoms with Crippen LogP contribution in [0.25, 0.3) is 6.08 Å². The van der Waals surface area contributed by atoms with Gasteiger partial charge < -0.3 is 10.4 Å². The van der Waals surface area contributed by atoms with Crippen LogP contribution in [0.3, 0.4) is 0 Å². The van der Waals surface area contributed by atoms with Crippen molar-refractivity contribution < 1.29 is 14.8 Å². The summed E-state index contributed by atoms with van der Waals surface area (Å²) in [5.41, 5.74) is 0.710. The minimum absolute atomic E-state index is 0.139. The molecule has 1 amide bonds. The van der Waals surface area contributed by atoms with E-state index in [1.54, 1.807) is 19.1 Å². The standard InChI is InChI=1S/C25H18N4O5S2/c1-14-20(23(31)27-16-8-3-2-4-9-16)21(18-11-6-12-35-18)28-24(32)19(36-25(28)26-14)13-15-7-5-10-17(22(15)30)29(33)34/h2-13,21,30H,1H3,(H,27,31)/b19-13+. The van der Waals surface area contributed by atoms with E-state index in [2.05, 4.69) is 10.3 Å². The van der Waals surface area contributed by atoms with E-state index in [-0.39, 0.29) is 16.0 Å². The van der Waals surface area contributed by atoms with Gasteiger partial charge in [0.2, 0.25) is 5.75 Å². The number of para-hydroxylation sites is 2. The van der Waals surface area contributed by atoms with E-state index in [0.29, 0.717) is 21.8 Å². The number of rotatable bonds is 5. The fraction of sp³-hybridized carbons (Fsp3) is 0.0800. The van der Waals surface area contributed by atoms with E-state index in [9.17, 15) is 24.8 Å². The van der Waals surface area contributed by atoms with Crippen molar-refractivity contribution in [2.75, 3.05) is 5.32 Å². The van der Waals surface area contributed by atoms with Crippen LogP contribution in [-0.2, 0) is 4.79 Å². The van der Waals surface area contributed by atoms with E-state index < -0.39 is 28.0 Å². The highest BCUT2D eigenvalue weighted by atomic mass is 32.1. The largest absolute Gasteiger partial charge is 0.502 e. The molecule has 180 valence electrons. The summed E-state index contributed by atoms with van der Waals surface area (Å²) in [4.78, 5) is 43.3. The van der Waals surface area contributed by atoms with E-state index in [4.69, 9.17) is 0 Å². The van der Waals surface area contributed by atoms with Gasteiger partial charge in [0.15, 0.2) is 4.80 Å². The Bertz CT molecular complexity index is 1700. The van der Waals surface area contributed by atoms with Crippen molar-refractivity contribution in [2.45, 2.75) is 13.0 Å². The van der Waals surface area contributed by atoms with Crippen LogP contribution in [0.2, 0.25) is 0 Å². The Morgan fingerprint density at radius 2 is 1.94 bits per heavy atom. The summed E-state index contributed by atoms with van der Waals surface area (Å²) in [6.45, 7) is 1.73. The minimum atomic E-state index is -0.703. The van der Waals surface area contributed by atoms with Gasteiger partial charge in [0.25, 0.3) is 11.5 Å². The summed E-state index contributed by atoms with van der Waals surface area (Å²) in [5.74, 6) is -0.895. The molecular formula is C25H18N4O5S2. The molecule has 2 aromatic carbocycles. The molecule has 3 heterocycles. The first-order valence-electron chi connectivity index (χ1n) is 10.7. The normalized spacial score (nSPS) is 15.4. The van der Waals surface area contributed by atoms with Crippen molar-refractivity contribution in [3.05, 3.63) is 118 Å². The number of aromatic nitrogens is 1. The molecule has 11 heteroatoms. The molecule has 1 unspecified atom stereocenters. The summed E-state index contributed by atoms with van der Waals surface area (Å²) >= 11 is 2.50. The van der Waals surface area contributed by atoms with Crippen molar-refractivity contribution in [3.8, 4) is 5.75 Å². The molecule has 0 radical (unpaired) electrons. The fourth-order valence-electron chi connectivity index (χ4n) is 4.00. The number of aromatic hydroxyl groups is 1. The van der Waals surface area contributed by atoms with Gasteiger partial charge in [-0.3, -0.25) is 24.3 Å². The van der Waals surface area contributed by atoms with Crippen LogP contribution < -0.4 is 20.2 Å². The molecule has 9 nitrogen and oxygen atoms in total. The highest BCUT2D eigenvalue weighted by Gasteiger charge is 2.33. The lowest BCUT2D eigenvalue weighted by Gasteiger charge is -2.24. The quantitative estimate of drug-likeness (QED) is 0.309. The second-order valence-electron chi connectivity index (χ2n) is 7.89. The van der Waals surface area contributed by atoms with Gasteiger partial charge in [-0.2, -0.15) is 0 Å². The smallest absolute Gasteiger partial charge is 0.311 e. The molecule has 5 rings (SSSR count). The maximum atomic E-state index is 13.6. The predicted octanol–water partition coefficient (Wildman–Crippen LogP) is 3.55. The van der Waals surface area contributed by atoms with Crippen molar-refractivity contribution in [3.63, 3.8) is 0 Å². The minimum Gasteiger partial charge on any atom is -0.502 e. The van der Waals surface area contributed by atoms with Crippen molar-refractivity contribution in [1.82, 2.24) is 4.57 Å². The molecule has 0 saturated carbocycles. The average molecular weight is 519 g/mol. The summed E-state index contributed by atoms with van der Waals surface area (Å²) in [6, 6.07) is 16.1. The number of hydrogen-bond donors (Lipinski definition) is 2. The molecule has 0 saturated heterocycles. The third kappa shape index (κ3) is 4.14. The number of benzene rings is 2. The van der Waals surface area contributed by atoms with Crippen LogP contribution >= 0.6 is 22.7 Å². The number of nitrogens with zero attached hydrogens (tertiary/aromatic N) is 3. The lowest BCUT2D eigenvalue weighted by Crippen LogP contribution is -2.40. The van der Waals surface area contributed by atoms with Gasteiger partial charge in [0.1, 0.15) is 6.04 Å². The van der Waals surface area contributed by atoms with Gasteiger partial charge in [0.05, 0.1) is 20.7 Å². The van der Waals surface area contributed by atoms with E-state index in [1.165, 1.54) is 40.2 Å². The van der Waals surface area contributed by atoms with Crippen molar-refractivity contribution in [1.29, 1.82) is 0 Å². The zero-order chi connectivity index (χ0) is 25.4. The van der Waals surface area contributed by atoms with Crippen LogP contribution in [0, 0.1) is 10.1 Å². The predicted molar refractivity (Wildman–Crippen MR) is 138 cm³/mol. The third-order valence-corrected chi connectivity index (χ3v) is 7.55. The highest BCUT2D eigenvalue weighted by molar-refractivity contribution is 7.10. The zero-order valence-electron chi connectivity index (χ0n) is 18.7. The van der Waals surface area contributed by atoms with Crippen LogP contribution in [0.1, 0.15) is 23.4 Å². The monoisotopic (exact) mass is 518 g/mol. The first-order valence-corrected chi connectivity index (χ1v) is 12.4. The number of carbonyl (C=O) groups excluding carboxylic acids is 1. The molecule has 36 heavy (non-hydrogen) atoms. The number of carbonyl (C=O) groups is 1. The van der Waals surface area contributed by atoms with Crippen LogP contribution in [0.15, 0.2) is 87.1 Å². The van der Waals surface area contributed by atoms with Crippen LogP contribution in [0.4, 0.5) is 11.4 Å². The average Bonchev–Trinajstić information content (AvgIpc) is 3.48. The lowest BCUT2D eigenvalue weighted by atomic mass is 10.0. The summed E-state index contributed by atoms with van der Waals surface area (Å²) in [7, 11) is 0. The molecular weight excluding hydrogens is 500 g/mol. The molecule has 1 atom stereocenters. The van der Waals surface area contributed by atoms with Crippen LogP contribution in [0.5, 0.6) is 5.75 Å². The number of fused-ring (bicyclic) bond motifs is 1. The SMILES string of the molecule is CC1=C(C(=O)Nc2ccccc2)C(c2cccs2)n2c(s/c(=C/c3cccc([N+](=O)[O-])c3O)c2=O)=N1. The summed E-state index contributed by atoms with van der Waals surface area (Å²) < 4.78 is 1.69. The Hall–Kier alpha value is -4.35. The number of nitrogens with one attached hydrogen (secondary N) is 1. The first-order chi connectivity index (χ1) is 17.3.